The van der Waals surface area contributed by atoms with Crippen molar-refractivity contribution >= 4 is 5.96 Å². The molecule has 26 heavy (non-hydrogen) atoms. The lowest BCUT2D eigenvalue weighted by Gasteiger charge is -2.22. The van der Waals surface area contributed by atoms with Gasteiger partial charge in [-0.3, -0.25) is 4.99 Å². The van der Waals surface area contributed by atoms with E-state index in [0.717, 1.165) is 6.54 Å². The first-order valence-electron chi connectivity index (χ1n) is 8.73. The van der Waals surface area contributed by atoms with E-state index in [-0.39, 0.29) is 12.3 Å². The van der Waals surface area contributed by atoms with Crippen LogP contribution in [0.5, 0.6) is 11.5 Å². The lowest BCUT2D eigenvalue weighted by atomic mass is 10.2. The molecule has 0 atom stereocenters. The van der Waals surface area contributed by atoms with E-state index in [1.54, 1.807) is 32.2 Å². The molecule has 0 saturated heterocycles. The maximum atomic E-state index is 12.8. The Morgan fingerprint density at radius 1 is 1.27 bits per heavy atom. The largest absolute Gasteiger partial charge is 0.490 e. The van der Waals surface area contributed by atoms with Crippen molar-refractivity contribution in [2.75, 3.05) is 33.8 Å². The normalized spacial score (nSPS) is 12.0. The summed E-state index contributed by atoms with van der Waals surface area (Å²) in [6.07, 6.45) is 0. The Hall–Kier alpha value is -2.09. The third-order valence-corrected chi connectivity index (χ3v) is 3.88. The molecule has 1 rings (SSSR count). The monoisotopic (exact) mass is 372 g/mol. The molecule has 0 aliphatic rings. The zero-order chi connectivity index (χ0) is 19.5. The second kappa shape index (κ2) is 11.5. The first-order valence-corrected chi connectivity index (χ1v) is 8.73. The Balaban J connectivity index is 2.70. The first kappa shape index (κ1) is 22.0. The summed E-state index contributed by atoms with van der Waals surface area (Å²) in [5.74, 6) is 0.937. The summed E-state index contributed by atoms with van der Waals surface area (Å²) in [7, 11) is 3.71. The molecule has 1 aromatic carbocycles. The summed E-state index contributed by atoms with van der Waals surface area (Å²) < 4.78 is 35.6. The number of guanidine groups is 1. The van der Waals surface area contributed by atoms with Crippen molar-refractivity contribution in [3.63, 3.8) is 0 Å². The van der Waals surface area contributed by atoms with Gasteiger partial charge in [0.15, 0.2) is 17.5 Å². The van der Waals surface area contributed by atoms with Crippen LogP contribution in [0.1, 0.15) is 26.3 Å². The van der Waals surface area contributed by atoms with E-state index in [0.29, 0.717) is 36.5 Å². The average Bonchev–Trinajstić information content (AvgIpc) is 2.59. The van der Waals surface area contributed by atoms with E-state index in [9.17, 15) is 8.78 Å². The summed E-state index contributed by atoms with van der Waals surface area (Å²) in [6, 6.07) is 5.53. The highest BCUT2D eigenvalue weighted by Gasteiger charge is 2.16. The van der Waals surface area contributed by atoms with Crippen molar-refractivity contribution in [3.05, 3.63) is 23.8 Å². The molecule has 0 saturated carbocycles. The van der Waals surface area contributed by atoms with Gasteiger partial charge in [0, 0.05) is 38.3 Å². The lowest BCUT2D eigenvalue weighted by molar-refractivity contribution is -0.0520. The Morgan fingerprint density at radius 3 is 2.58 bits per heavy atom. The average molecular weight is 372 g/mol. The van der Waals surface area contributed by atoms with Gasteiger partial charge in [-0.1, -0.05) is 12.1 Å². The Morgan fingerprint density at radius 2 is 2.00 bits per heavy atom. The fourth-order valence-corrected chi connectivity index (χ4v) is 2.20. The number of aliphatic imine (C=N–C) groups is 1. The fraction of sp³-hybridized carbons (Fsp3) is 0.611. The molecule has 6 nitrogen and oxygen atoms in total. The summed E-state index contributed by atoms with van der Waals surface area (Å²) in [5.41, 5.74) is 0.568. The smallest absolute Gasteiger partial charge is 0.387 e. The number of alkyl halides is 2. The number of ether oxygens (including phenoxy) is 2. The minimum Gasteiger partial charge on any atom is -0.490 e. The summed E-state index contributed by atoms with van der Waals surface area (Å²) >= 11 is 0. The number of benzene rings is 1. The minimum atomic E-state index is -2.92. The van der Waals surface area contributed by atoms with E-state index >= 15 is 0 Å². The summed E-state index contributed by atoms with van der Waals surface area (Å²) in [6.45, 7) is 5.35. The van der Waals surface area contributed by atoms with E-state index < -0.39 is 6.61 Å². The molecule has 0 bridgehead atoms. The predicted octanol–water partition coefficient (Wildman–Crippen LogP) is 2.69. The van der Waals surface area contributed by atoms with Crippen molar-refractivity contribution in [2.24, 2.45) is 4.99 Å². The van der Waals surface area contributed by atoms with Crippen LogP contribution in [0.15, 0.2) is 23.2 Å². The van der Waals surface area contributed by atoms with Gasteiger partial charge in [-0.2, -0.15) is 8.78 Å². The van der Waals surface area contributed by atoms with E-state index in [2.05, 4.69) is 46.2 Å². The fourth-order valence-electron chi connectivity index (χ4n) is 2.20. The maximum Gasteiger partial charge on any atom is 0.387 e. The number of likely N-dealkylation sites (N-methyl/N-ethyl adjacent to an activating group) is 1. The van der Waals surface area contributed by atoms with Crippen molar-refractivity contribution in [1.82, 2.24) is 15.5 Å². The van der Waals surface area contributed by atoms with Gasteiger partial charge >= 0.3 is 6.61 Å². The molecule has 0 aliphatic heterocycles. The summed E-state index contributed by atoms with van der Waals surface area (Å²) in [5, 5.41) is 6.31. The molecule has 0 fully saturated rings. The van der Waals surface area contributed by atoms with Crippen LogP contribution in [0.25, 0.3) is 0 Å². The van der Waals surface area contributed by atoms with Gasteiger partial charge in [0.05, 0.1) is 6.61 Å². The first-order chi connectivity index (χ1) is 12.4. The van der Waals surface area contributed by atoms with Crippen molar-refractivity contribution < 1.29 is 18.3 Å². The molecular formula is C18H30F2N4O2. The van der Waals surface area contributed by atoms with Gasteiger partial charge in [-0.15, -0.1) is 0 Å². The predicted molar refractivity (Wildman–Crippen MR) is 100 cm³/mol. The van der Waals surface area contributed by atoms with Gasteiger partial charge in [-0.05, 0) is 33.9 Å². The van der Waals surface area contributed by atoms with Crippen LogP contribution < -0.4 is 20.1 Å². The van der Waals surface area contributed by atoms with Crippen LogP contribution in [-0.2, 0) is 6.54 Å². The number of para-hydroxylation sites is 1. The Bertz CT molecular complexity index is 568. The van der Waals surface area contributed by atoms with Gasteiger partial charge in [0.2, 0.25) is 0 Å². The van der Waals surface area contributed by atoms with Crippen molar-refractivity contribution in [2.45, 2.75) is 40.0 Å². The highest BCUT2D eigenvalue weighted by molar-refractivity contribution is 5.79. The van der Waals surface area contributed by atoms with Gasteiger partial charge in [0.25, 0.3) is 0 Å². The highest BCUT2D eigenvalue weighted by atomic mass is 19.3. The van der Waals surface area contributed by atoms with Gasteiger partial charge in [0.1, 0.15) is 0 Å². The standard InChI is InChI=1S/C18H30F2N4O2/c1-6-25-15-9-7-8-14(16(15)26-17(19)20)12-23-18(21-4)22-10-11-24(5)13(2)3/h7-9,13,17H,6,10-12H2,1-5H3,(H2,21,22,23). The molecule has 0 aliphatic carbocycles. The third-order valence-electron chi connectivity index (χ3n) is 3.88. The molecule has 2 N–H and O–H groups in total. The number of halogens is 2. The second-order valence-electron chi connectivity index (χ2n) is 5.98. The molecule has 0 radical (unpaired) electrons. The molecule has 1 aromatic rings. The highest BCUT2D eigenvalue weighted by Crippen LogP contribution is 2.32. The van der Waals surface area contributed by atoms with Gasteiger partial charge < -0.3 is 25.0 Å². The molecule has 0 unspecified atom stereocenters. The minimum absolute atomic E-state index is 0.0480. The van der Waals surface area contributed by atoms with E-state index in [1.807, 2.05) is 0 Å². The SMILES string of the molecule is CCOc1cccc(CNC(=NC)NCCN(C)C(C)C)c1OC(F)F. The number of hydrogen-bond donors (Lipinski definition) is 2. The molecule has 0 heterocycles. The molecule has 0 aromatic heterocycles. The Kier molecular flexibility index (Phi) is 9.72. The zero-order valence-corrected chi connectivity index (χ0v) is 16.2. The number of nitrogens with zero attached hydrogens (tertiary/aromatic N) is 2. The van der Waals surface area contributed by atoms with Gasteiger partial charge in [-0.25, -0.2) is 0 Å². The van der Waals surface area contributed by atoms with Crippen LogP contribution in [0.2, 0.25) is 0 Å². The van der Waals surface area contributed by atoms with Crippen molar-refractivity contribution in [1.29, 1.82) is 0 Å². The van der Waals surface area contributed by atoms with E-state index in [1.165, 1.54) is 0 Å². The van der Waals surface area contributed by atoms with Crippen LogP contribution >= 0.6 is 0 Å². The van der Waals surface area contributed by atoms with Crippen molar-refractivity contribution in [3.8, 4) is 11.5 Å². The third kappa shape index (κ3) is 7.43. The van der Waals surface area contributed by atoms with Crippen LogP contribution in [0.3, 0.4) is 0 Å². The molecular weight excluding hydrogens is 342 g/mol. The zero-order valence-electron chi connectivity index (χ0n) is 16.2. The topological polar surface area (TPSA) is 58.1 Å². The molecule has 148 valence electrons. The molecule has 0 spiro atoms. The van der Waals surface area contributed by atoms with Crippen LogP contribution in [-0.4, -0.2) is 57.3 Å². The van der Waals surface area contributed by atoms with Crippen LogP contribution in [0, 0.1) is 0 Å². The van der Waals surface area contributed by atoms with Crippen LogP contribution in [0.4, 0.5) is 8.78 Å². The quantitative estimate of drug-likeness (QED) is 0.489. The molecule has 8 heteroatoms. The summed E-state index contributed by atoms with van der Waals surface area (Å²) in [4.78, 5) is 6.36. The number of hydrogen-bond acceptors (Lipinski definition) is 4. The number of rotatable bonds is 10. The molecule has 0 amide bonds. The lowest BCUT2D eigenvalue weighted by Crippen LogP contribution is -2.41. The maximum absolute atomic E-state index is 12.8. The van der Waals surface area contributed by atoms with E-state index in [4.69, 9.17) is 4.74 Å². The Labute approximate surface area is 154 Å². The number of nitrogens with one attached hydrogen (secondary N) is 2. The second-order valence-corrected chi connectivity index (χ2v) is 5.98.